The van der Waals surface area contributed by atoms with Gasteiger partial charge in [-0.25, -0.2) is 4.39 Å². The highest BCUT2D eigenvalue weighted by molar-refractivity contribution is 6.27. The molecule has 0 bridgehead atoms. The van der Waals surface area contributed by atoms with E-state index >= 15 is 0 Å². The first-order valence-corrected chi connectivity index (χ1v) is 10.0. The normalized spacial score (nSPS) is 11.8. The van der Waals surface area contributed by atoms with E-state index < -0.39 is 6.48 Å². The summed E-state index contributed by atoms with van der Waals surface area (Å²) in [5.41, 5.74) is 1.08. The Labute approximate surface area is 148 Å². The van der Waals surface area contributed by atoms with Crippen LogP contribution in [0.1, 0.15) is 58.9 Å². The number of rotatable bonds is 13. The zero-order chi connectivity index (χ0) is 17.8. The highest BCUT2D eigenvalue weighted by Gasteiger charge is 2.13. The van der Waals surface area contributed by atoms with Gasteiger partial charge in [-0.15, -0.1) is 0 Å². The minimum atomic E-state index is -0.559. The molecule has 0 aromatic heterocycles. The van der Waals surface area contributed by atoms with Gasteiger partial charge in [-0.1, -0.05) is 31.4 Å². The van der Waals surface area contributed by atoms with Crippen LogP contribution in [0.15, 0.2) is 24.3 Å². The van der Waals surface area contributed by atoms with Crippen LogP contribution in [0.4, 0.5) is 4.39 Å². The number of benzene rings is 1. The smallest absolute Gasteiger partial charge is 0.262 e. The van der Waals surface area contributed by atoms with Crippen molar-refractivity contribution in [2.24, 2.45) is 0 Å². The largest absolute Gasteiger partial charge is 0.372 e. The third-order valence-corrected chi connectivity index (χ3v) is 4.25. The Kier molecular flexibility index (Phi) is 11.2. The average Bonchev–Trinajstić information content (AvgIpc) is 2.48. The maximum atomic E-state index is 13.1. The highest BCUT2D eigenvalue weighted by atomic mass is 28.2. The third-order valence-electron chi connectivity index (χ3n) is 3.33. The quantitative estimate of drug-likeness (QED) is 0.280. The summed E-state index contributed by atoms with van der Waals surface area (Å²) < 4.78 is 30.0. The molecule has 0 spiro atoms. The minimum Gasteiger partial charge on any atom is -0.372 e. The molecule has 24 heavy (non-hydrogen) atoms. The van der Waals surface area contributed by atoms with E-state index in [-0.39, 0.29) is 18.0 Å². The molecule has 0 heterocycles. The monoisotopic (exact) mass is 354 g/mol. The molecule has 2 radical (unpaired) electrons. The van der Waals surface area contributed by atoms with Gasteiger partial charge < -0.3 is 13.9 Å². The molecule has 0 fully saturated rings. The highest BCUT2D eigenvalue weighted by Crippen LogP contribution is 2.11. The molecule has 0 saturated heterocycles. The summed E-state index contributed by atoms with van der Waals surface area (Å²) in [5, 5.41) is 0. The van der Waals surface area contributed by atoms with Crippen molar-refractivity contribution in [2.45, 2.75) is 84.5 Å². The predicted molar refractivity (Wildman–Crippen MR) is 96.4 cm³/mol. The van der Waals surface area contributed by atoms with Crippen LogP contribution in [-0.2, 0) is 20.3 Å². The zero-order valence-corrected chi connectivity index (χ0v) is 16.4. The number of halogens is 1. The number of aryl methyl sites for hydroxylation is 1. The van der Waals surface area contributed by atoms with Gasteiger partial charge >= 0.3 is 0 Å². The van der Waals surface area contributed by atoms with E-state index in [1.807, 2.05) is 33.8 Å². The second-order valence-electron chi connectivity index (χ2n) is 6.46. The van der Waals surface area contributed by atoms with Gasteiger partial charge in [-0.3, -0.25) is 0 Å². The van der Waals surface area contributed by atoms with E-state index in [1.54, 1.807) is 12.1 Å². The maximum Gasteiger partial charge on any atom is 0.262 e. The summed E-state index contributed by atoms with van der Waals surface area (Å²) >= 11 is 0. The van der Waals surface area contributed by atoms with Crippen LogP contribution in [0.3, 0.4) is 0 Å². The molecule has 1 aromatic carbocycles. The molecule has 0 aliphatic heterocycles. The average molecular weight is 355 g/mol. The van der Waals surface area contributed by atoms with Crippen molar-refractivity contribution in [2.75, 3.05) is 0 Å². The van der Waals surface area contributed by atoms with Crippen molar-refractivity contribution >= 4 is 9.76 Å². The SMILES string of the molecule is CC(C)OC(O[Si]CCCCCCc1cccc(F)c1)OC(C)C. The summed E-state index contributed by atoms with van der Waals surface area (Å²) in [5.74, 6) is -0.146. The fraction of sp³-hybridized carbons (Fsp3) is 0.684. The molecule has 136 valence electrons. The Morgan fingerprint density at radius 2 is 1.62 bits per heavy atom. The van der Waals surface area contributed by atoms with Gasteiger partial charge in [0.15, 0.2) is 0 Å². The van der Waals surface area contributed by atoms with Crippen LogP contribution < -0.4 is 0 Å². The van der Waals surface area contributed by atoms with Gasteiger partial charge in [0.05, 0.1) is 12.2 Å². The van der Waals surface area contributed by atoms with Gasteiger partial charge in [-0.2, -0.15) is 0 Å². The Morgan fingerprint density at radius 1 is 0.958 bits per heavy atom. The molecule has 1 aromatic rings. The standard InChI is InChI=1S/C19H31FO3Si/c1-15(2)21-19(22-16(3)4)23-24-13-8-6-5-7-10-17-11-9-12-18(20)14-17/h9,11-12,14-16,19H,5-8,10,13H2,1-4H3. The number of unbranched alkanes of at least 4 members (excludes halogenated alkanes) is 3. The van der Waals surface area contributed by atoms with Gasteiger partial charge in [0, 0.05) is 0 Å². The van der Waals surface area contributed by atoms with Crippen LogP contribution in [0.25, 0.3) is 0 Å². The van der Waals surface area contributed by atoms with Crippen LogP contribution in [0, 0.1) is 5.82 Å². The van der Waals surface area contributed by atoms with Crippen molar-refractivity contribution in [3.63, 3.8) is 0 Å². The molecule has 0 aliphatic carbocycles. The summed E-state index contributed by atoms with van der Waals surface area (Å²) in [6, 6.07) is 7.90. The van der Waals surface area contributed by atoms with Crippen molar-refractivity contribution in [3.05, 3.63) is 35.6 Å². The predicted octanol–water partition coefficient (Wildman–Crippen LogP) is 5.12. The van der Waals surface area contributed by atoms with Crippen molar-refractivity contribution in [1.82, 2.24) is 0 Å². The first-order valence-electron chi connectivity index (χ1n) is 8.91. The molecular weight excluding hydrogens is 323 g/mol. The maximum absolute atomic E-state index is 13.1. The molecule has 5 heteroatoms. The Morgan fingerprint density at radius 3 is 2.25 bits per heavy atom. The number of hydrogen-bond acceptors (Lipinski definition) is 3. The molecule has 0 N–H and O–H groups in total. The van der Waals surface area contributed by atoms with E-state index in [4.69, 9.17) is 13.9 Å². The van der Waals surface area contributed by atoms with Crippen LogP contribution in [0.5, 0.6) is 0 Å². The summed E-state index contributed by atoms with van der Waals surface area (Å²) in [6.45, 7) is 7.34. The fourth-order valence-electron chi connectivity index (χ4n) is 2.23. The van der Waals surface area contributed by atoms with Crippen LogP contribution in [-0.4, -0.2) is 28.4 Å². The van der Waals surface area contributed by atoms with Gasteiger partial charge in [0.2, 0.25) is 9.76 Å². The molecular formula is C19H31FO3Si. The lowest BCUT2D eigenvalue weighted by molar-refractivity contribution is -0.275. The van der Waals surface area contributed by atoms with Gasteiger partial charge in [0.25, 0.3) is 6.48 Å². The van der Waals surface area contributed by atoms with Gasteiger partial charge in [0.1, 0.15) is 5.82 Å². The lowest BCUT2D eigenvalue weighted by atomic mass is 10.1. The Balaban J connectivity index is 2.04. The summed E-state index contributed by atoms with van der Waals surface area (Å²) in [6.07, 6.45) is 5.69. The summed E-state index contributed by atoms with van der Waals surface area (Å²) in [4.78, 5) is 0. The molecule has 0 amide bonds. The van der Waals surface area contributed by atoms with Crippen LogP contribution in [0.2, 0.25) is 6.04 Å². The second-order valence-corrected chi connectivity index (χ2v) is 7.49. The first-order chi connectivity index (χ1) is 11.5. The lowest BCUT2D eigenvalue weighted by Gasteiger charge is -2.22. The Hall–Kier alpha value is -0.753. The molecule has 0 aliphatic rings. The zero-order valence-electron chi connectivity index (χ0n) is 15.4. The van der Waals surface area contributed by atoms with Crippen molar-refractivity contribution in [1.29, 1.82) is 0 Å². The van der Waals surface area contributed by atoms with E-state index in [0.29, 0.717) is 9.76 Å². The van der Waals surface area contributed by atoms with Crippen molar-refractivity contribution in [3.8, 4) is 0 Å². The van der Waals surface area contributed by atoms with Crippen molar-refractivity contribution < 1.29 is 18.3 Å². The number of ether oxygens (including phenoxy) is 2. The first kappa shape index (κ1) is 21.3. The van der Waals surface area contributed by atoms with E-state index in [2.05, 4.69) is 0 Å². The van der Waals surface area contributed by atoms with E-state index in [0.717, 1.165) is 37.3 Å². The summed E-state index contributed by atoms with van der Waals surface area (Å²) in [7, 11) is 0.395. The Bertz CT molecular complexity index is 430. The lowest BCUT2D eigenvalue weighted by Crippen LogP contribution is -2.28. The molecule has 0 atom stereocenters. The van der Waals surface area contributed by atoms with Crippen LogP contribution >= 0.6 is 0 Å². The minimum absolute atomic E-state index is 0.0846. The number of hydrogen-bond donors (Lipinski definition) is 0. The topological polar surface area (TPSA) is 27.7 Å². The molecule has 1 rings (SSSR count). The third kappa shape index (κ3) is 10.9. The molecule has 0 unspecified atom stereocenters. The molecule has 0 saturated carbocycles. The van der Waals surface area contributed by atoms with E-state index in [9.17, 15) is 4.39 Å². The van der Waals surface area contributed by atoms with Gasteiger partial charge in [-0.05, 0) is 64.3 Å². The van der Waals surface area contributed by atoms with E-state index in [1.165, 1.54) is 12.5 Å². The fourth-order valence-corrected chi connectivity index (χ4v) is 2.99. The molecule has 3 nitrogen and oxygen atoms in total. The second kappa shape index (κ2) is 12.6.